The molecule has 53 heteroatoms. The van der Waals surface area contributed by atoms with Crippen molar-refractivity contribution in [3.63, 3.8) is 0 Å². The van der Waals surface area contributed by atoms with Crippen LogP contribution in [0, 0.1) is 0 Å². The van der Waals surface area contributed by atoms with Gasteiger partial charge in [-0.3, -0.25) is 4.55 Å². The molecule has 0 aliphatic carbocycles. The van der Waals surface area contributed by atoms with Crippen LogP contribution in [0.4, 0.5) is 0 Å². The Hall–Kier alpha value is 35.7. The van der Waals surface area contributed by atoms with E-state index in [0.717, 1.165) is 0 Å². The van der Waals surface area contributed by atoms with Crippen LogP contribution < -0.4 is 0 Å². The third kappa shape index (κ3) is 21.2. The lowest BCUT2D eigenvalue weighted by Crippen LogP contribution is -2.74. The molecular formula is C24HI49O3S. The molecule has 1 N–H and O–H groups in total. The van der Waals surface area contributed by atoms with Gasteiger partial charge < -0.3 is 0 Å². The molecule has 0 spiro atoms. The van der Waals surface area contributed by atoms with E-state index >= 15 is 0 Å². The lowest BCUT2D eigenvalue weighted by atomic mass is 10.0. The van der Waals surface area contributed by atoms with Crippen LogP contribution in [0.3, 0.4) is 0 Å². The van der Waals surface area contributed by atoms with E-state index in [2.05, 4.69) is 1060 Å². The molecular weight excluding hydrogens is 6590 g/mol. The summed E-state index contributed by atoms with van der Waals surface area (Å²) in [4.78, 5) is 0. The lowest BCUT2D eigenvalue weighted by Gasteiger charge is -2.64. The highest BCUT2D eigenvalue weighted by Gasteiger charge is 2.86. The van der Waals surface area contributed by atoms with E-state index in [0.29, 0.717) is 0 Å². The van der Waals surface area contributed by atoms with Crippen molar-refractivity contribution in [2.45, 2.75) is 31.6 Å². The third-order valence-electron chi connectivity index (χ3n) is 9.33. The van der Waals surface area contributed by atoms with Crippen LogP contribution in [0.15, 0.2) is 0 Å². The normalized spacial score (nSPS) is 17.6. The van der Waals surface area contributed by atoms with E-state index in [-0.39, 0.29) is 15.1 Å². The molecule has 0 heterocycles. The topological polar surface area (TPSA) is 54.4 Å². The first-order valence-corrected chi connectivity index (χ1v) is 70.0. The van der Waals surface area contributed by atoms with Gasteiger partial charge in [0.25, 0.3) is 10.1 Å². The molecule has 0 atom stereocenters. The van der Waals surface area contributed by atoms with Gasteiger partial charge >= 0.3 is 0 Å². The largest absolute Gasteiger partial charge is 0.291 e. The molecule has 464 valence electrons. The van der Waals surface area contributed by atoms with Gasteiger partial charge in [0, 0.05) is 0 Å². The summed E-state index contributed by atoms with van der Waals surface area (Å²) in [6.07, 6.45) is 0. The molecule has 0 saturated heterocycles. The van der Waals surface area contributed by atoms with Crippen LogP contribution in [-0.2, 0) is 10.1 Å². The van der Waals surface area contributed by atoms with Crippen molar-refractivity contribution in [1.82, 2.24) is 0 Å². The summed E-state index contributed by atoms with van der Waals surface area (Å²) in [6, 6.07) is 0. The van der Waals surface area contributed by atoms with Gasteiger partial charge in [-0.15, -0.1) is 0 Å². The summed E-state index contributed by atoms with van der Waals surface area (Å²) in [6.45, 7) is 0. The Morgan fingerprint density at radius 1 is 0.156 bits per heavy atom. The van der Waals surface area contributed by atoms with Crippen molar-refractivity contribution in [3.8, 4) is 0 Å². The van der Waals surface area contributed by atoms with Crippen molar-refractivity contribution in [2.75, 3.05) is 0 Å². The Kier molecular flexibility index (Phi) is 58.1. The van der Waals surface area contributed by atoms with Gasteiger partial charge in [-0.25, -0.2) is 0 Å². The van der Waals surface area contributed by atoms with Crippen molar-refractivity contribution in [1.29, 1.82) is 0 Å². The van der Waals surface area contributed by atoms with Crippen LogP contribution in [0.5, 0.6) is 0 Å². The lowest BCUT2D eigenvalue weighted by molar-refractivity contribution is 0.477. The fraction of sp³-hybridized carbons (Fsp3) is 1.00. The van der Waals surface area contributed by atoms with Gasteiger partial charge in [-0.2, -0.15) is 8.42 Å². The van der Waals surface area contributed by atoms with Crippen molar-refractivity contribution in [3.05, 3.63) is 0 Å². The second-order valence-electron chi connectivity index (χ2n) is 14.1. The van der Waals surface area contributed by atoms with Crippen LogP contribution in [0.25, 0.3) is 0 Å². The number of hydrogen-bond acceptors (Lipinski definition) is 2. The predicted molar refractivity (Wildman–Crippen MR) is 764 cm³/mol. The highest BCUT2D eigenvalue weighted by molar-refractivity contribution is 14.3. The molecule has 77 heavy (non-hydrogen) atoms. The smallest absolute Gasteiger partial charge is 0.284 e. The van der Waals surface area contributed by atoms with Crippen LogP contribution >= 0.6 is 1110 Å². The van der Waals surface area contributed by atoms with E-state index in [1.165, 1.54) is 0 Å². The fourth-order valence-electron chi connectivity index (χ4n) is 4.47. The highest BCUT2D eigenvalue weighted by atomic mass is 127. The molecule has 0 radical (unpaired) electrons. The molecule has 0 rings (SSSR count). The average molecular weight is 6590 g/mol. The van der Waals surface area contributed by atoms with Crippen molar-refractivity contribution in [2.24, 2.45) is 0 Å². The molecule has 0 aromatic rings. The summed E-state index contributed by atoms with van der Waals surface area (Å²) in [5.74, 6) is 0. The monoisotopic (exact) mass is 6590 g/mol. The maximum Gasteiger partial charge on any atom is 0.291 e. The summed E-state index contributed by atoms with van der Waals surface area (Å²) in [7, 11) is -4.46. The van der Waals surface area contributed by atoms with Crippen molar-refractivity contribution >= 4 is 1120 Å². The summed E-state index contributed by atoms with van der Waals surface area (Å²) < 4.78 is 26.2. The molecule has 0 amide bonds. The molecule has 0 bridgehead atoms. The minimum atomic E-state index is -4.46. The number of hydrogen-bond donors (Lipinski definition) is 1. The van der Waals surface area contributed by atoms with E-state index in [9.17, 15) is 13.0 Å². The minimum absolute atomic E-state index is 0.0450. The molecule has 0 unspecified atom stereocenters. The van der Waals surface area contributed by atoms with Crippen LogP contribution in [-0.4, -0.2) is 44.6 Å². The van der Waals surface area contributed by atoms with E-state index < -0.39 is 26.6 Å². The van der Waals surface area contributed by atoms with E-state index in [4.69, 9.17) is 0 Å². The average Bonchev–Trinajstić information content (AvgIpc) is 3.18. The Bertz CT molecular complexity index is 2290. The molecule has 0 aromatic carbocycles. The molecule has 0 aliphatic heterocycles. The zero-order valence-corrected chi connectivity index (χ0v) is 139. The van der Waals surface area contributed by atoms with Gasteiger partial charge in [-0.05, 0) is 45.2 Å². The molecule has 3 nitrogen and oxygen atoms in total. The Labute approximate surface area is 1120 Å². The quantitative estimate of drug-likeness (QED) is 0.0595. The standard InChI is InChI=1S/C24HI49O3S/c25-1(26,3(29,30)5(33,34)7(37,38)9(41,42)11(45,46)13(49,50)15(53,54)17(57,58)19(61,62)21(65,66)23(69,70)71)2(27,28)4(31,32)6(35,36)8(39,40)10(43,44)12(47,48)14(51,52)16(55,56)18(59,60)20(63,64)22(67,68)24(72,73)77(74,75)76/h(H,74,75,76). The first kappa shape index (κ1) is 113. The van der Waals surface area contributed by atoms with Gasteiger partial charge in [0.2, 0.25) is 0.760 Å². The van der Waals surface area contributed by atoms with Gasteiger partial charge in [0.15, 0.2) is 0 Å². The zero-order valence-electron chi connectivity index (χ0n) is 32.2. The molecule has 0 saturated carbocycles. The Morgan fingerprint density at radius 3 is 0.312 bits per heavy atom. The molecule has 0 aliphatic rings. The maximum absolute atomic E-state index is 13.1. The Balaban J connectivity index is 8.24. The second kappa shape index (κ2) is 39.7. The molecule has 0 aromatic heterocycles. The first-order valence-electron chi connectivity index (χ1n) is 15.7. The van der Waals surface area contributed by atoms with Crippen LogP contribution in [0.2, 0.25) is 0 Å². The second-order valence-corrected chi connectivity index (χ2v) is 150. The van der Waals surface area contributed by atoms with E-state index in [1.807, 2.05) is 45.2 Å². The maximum atomic E-state index is 13.1. The number of alkyl halides is 49. The van der Waals surface area contributed by atoms with Crippen LogP contribution in [0.1, 0.15) is 0 Å². The number of rotatable bonds is 24. The zero-order chi connectivity index (χ0) is 64.5. The van der Waals surface area contributed by atoms with Gasteiger partial charge in [0.05, 0.1) is 0 Å². The summed E-state index contributed by atoms with van der Waals surface area (Å²) in [5.41, 5.74) is 0. The Morgan fingerprint density at radius 2 is 0.234 bits per heavy atom. The van der Waals surface area contributed by atoms with Crippen molar-refractivity contribution < 1.29 is 13.0 Å². The van der Waals surface area contributed by atoms with Gasteiger partial charge in [-0.1, -0.05) is 1060 Å². The predicted octanol–water partition coefficient (Wildman–Crippen LogP) is 37.8. The highest BCUT2D eigenvalue weighted by Crippen LogP contribution is 2.88. The fourth-order valence-corrected chi connectivity index (χ4v) is 89.4. The molecule has 0 fully saturated rings. The van der Waals surface area contributed by atoms with E-state index in [1.54, 1.807) is 0 Å². The van der Waals surface area contributed by atoms with Gasteiger partial charge in [0.1, 0.15) is 30.9 Å². The summed E-state index contributed by atoms with van der Waals surface area (Å²) >= 11 is 133. The third-order valence-corrected chi connectivity index (χ3v) is 187. The minimum Gasteiger partial charge on any atom is -0.284 e. The summed E-state index contributed by atoms with van der Waals surface area (Å²) in [5, 5.41) is 0. The number of halogens is 49. The first-order chi connectivity index (χ1) is 32.0. The SMILES string of the molecule is O=S(=O)(O)C(I)(I)C(I)(I)C(I)(I)C(I)(I)C(I)(I)C(I)(I)C(I)(I)C(I)(I)C(I)(I)C(I)(I)C(I)(I)C(I)(I)C(I)(I)C(I)(I)C(I)(I)C(I)(I)C(I)(I)C(I)(I)C(I)(I)C(I)(I)C(I)(I)C(I)(I)C(I)(I)C(I)(I)I.